The Kier molecular flexibility index (Phi) is 5.60. The number of nitrogens with zero attached hydrogens (tertiary/aromatic N) is 4. The summed E-state index contributed by atoms with van der Waals surface area (Å²) in [6.07, 6.45) is 1.08. The minimum atomic E-state index is -0.977. The smallest absolute Gasteiger partial charge is 0.409 e. The Morgan fingerprint density at radius 1 is 1.00 bits per heavy atom. The van der Waals surface area contributed by atoms with Crippen LogP contribution in [0.2, 0.25) is 0 Å². The summed E-state index contributed by atoms with van der Waals surface area (Å²) in [6.45, 7) is 3.16. The molecule has 0 radical (unpaired) electrons. The molecule has 1 amide bonds. The summed E-state index contributed by atoms with van der Waals surface area (Å²) in [4.78, 5) is 28.1. The molecule has 3 aromatic rings. The van der Waals surface area contributed by atoms with Gasteiger partial charge in [0.05, 0.1) is 11.9 Å². The first-order valence-electron chi connectivity index (χ1n) is 11.1. The fourth-order valence-corrected chi connectivity index (χ4v) is 4.81. The SMILES string of the molecule is Cn1ncc(C(=O)O)c1CN1CCN(C(=O)OCC2c3ccccc3-c3ccccc32)CC1. The summed E-state index contributed by atoms with van der Waals surface area (Å²) in [5.41, 5.74) is 5.69. The number of carboxylic acid groups (broad SMARTS) is 1. The normalized spacial score (nSPS) is 15.8. The highest BCUT2D eigenvalue weighted by molar-refractivity contribution is 5.88. The van der Waals surface area contributed by atoms with Gasteiger partial charge < -0.3 is 14.7 Å². The van der Waals surface area contributed by atoms with Gasteiger partial charge in [-0.05, 0) is 22.3 Å². The third kappa shape index (κ3) is 3.98. The Hall–Kier alpha value is -3.65. The molecule has 2 aromatic carbocycles. The Bertz CT molecular complexity index is 1150. The van der Waals surface area contributed by atoms with Crippen molar-refractivity contribution >= 4 is 12.1 Å². The Balaban J connectivity index is 1.18. The van der Waals surface area contributed by atoms with Gasteiger partial charge in [-0.3, -0.25) is 9.58 Å². The molecule has 33 heavy (non-hydrogen) atoms. The maximum Gasteiger partial charge on any atom is 0.409 e. The first kappa shape index (κ1) is 21.2. The van der Waals surface area contributed by atoms with E-state index in [1.807, 2.05) is 24.3 Å². The molecule has 1 aromatic heterocycles. The maximum atomic E-state index is 12.8. The monoisotopic (exact) mass is 446 g/mol. The maximum absolute atomic E-state index is 12.8. The molecule has 8 heteroatoms. The number of hydrogen-bond donors (Lipinski definition) is 1. The molecule has 1 N–H and O–H groups in total. The largest absolute Gasteiger partial charge is 0.478 e. The minimum Gasteiger partial charge on any atom is -0.478 e. The van der Waals surface area contributed by atoms with Gasteiger partial charge in [0.1, 0.15) is 12.2 Å². The molecule has 0 spiro atoms. The number of amides is 1. The Morgan fingerprint density at radius 3 is 2.21 bits per heavy atom. The average Bonchev–Trinajstić information content (AvgIpc) is 3.36. The van der Waals surface area contributed by atoms with Gasteiger partial charge in [0.2, 0.25) is 0 Å². The van der Waals surface area contributed by atoms with Gasteiger partial charge in [-0.1, -0.05) is 48.5 Å². The highest BCUT2D eigenvalue weighted by Gasteiger charge is 2.30. The summed E-state index contributed by atoms with van der Waals surface area (Å²) in [7, 11) is 1.74. The van der Waals surface area contributed by atoms with Crippen LogP contribution in [0.15, 0.2) is 54.7 Å². The van der Waals surface area contributed by atoms with Crippen LogP contribution in [0, 0.1) is 0 Å². The molecule has 0 bridgehead atoms. The van der Waals surface area contributed by atoms with Gasteiger partial charge in [-0.15, -0.1) is 0 Å². The molecule has 2 heterocycles. The van der Waals surface area contributed by atoms with Gasteiger partial charge >= 0.3 is 12.1 Å². The Labute approximate surface area is 192 Å². The van der Waals surface area contributed by atoms with Crippen LogP contribution in [-0.4, -0.2) is 69.5 Å². The molecular formula is C25H26N4O4. The zero-order valence-corrected chi connectivity index (χ0v) is 18.5. The highest BCUT2D eigenvalue weighted by atomic mass is 16.6. The van der Waals surface area contributed by atoms with Crippen LogP contribution in [0.25, 0.3) is 11.1 Å². The number of aromatic nitrogens is 2. The molecule has 1 aliphatic carbocycles. The van der Waals surface area contributed by atoms with Crippen molar-refractivity contribution in [1.29, 1.82) is 0 Å². The van der Waals surface area contributed by atoms with Gasteiger partial charge in [-0.2, -0.15) is 5.10 Å². The van der Waals surface area contributed by atoms with Gasteiger partial charge in [0.25, 0.3) is 0 Å². The first-order valence-corrected chi connectivity index (χ1v) is 11.1. The fourth-order valence-electron chi connectivity index (χ4n) is 4.81. The van der Waals surface area contributed by atoms with Crippen LogP contribution in [-0.2, 0) is 18.3 Å². The number of ether oxygens (including phenoxy) is 1. The van der Waals surface area contributed by atoms with Crippen molar-refractivity contribution in [2.45, 2.75) is 12.5 Å². The lowest BCUT2D eigenvalue weighted by molar-refractivity contribution is 0.0686. The van der Waals surface area contributed by atoms with Crippen molar-refractivity contribution in [2.24, 2.45) is 7.05 Å². The second-order valence-corrected chi connectivity index (χ2v) is 8.50. The van der Waals surface area contributed by atoms with Crippen molar-refractivity contribution in [3.8, 4) is 11.1 Å². The number of hydrogen-bond acceptors (Lipinski definition) is 5. The quantitative estimate of drug-likeness (QED) is 0.648. The number of piperazine rings is 1. The summed E-state index contributed by atoms with van der Waals surface area (Å²) >= 11 is 0. The lowest BCUT2D eigenvalue weighted by Crippen LogP contribution is -2.48. The topological polar surface area (TPSA) is 87.9 Å². The zero-order valence-electron chi connectivity index (χ0n) is 18.5. The van der Waals surface area contributed by atoms with E-state index in [9.17, 15) is 14.7 Å². The van der Waals surface area contributed by atoms with E-state index in [1.165, 1.54) is 28.5 Å². The van der Waals surface area contributed by atoms with Crippen molar-refractivity contribution < 1.29 is 19.4 Å². The number of rotatable bonds is 5. The second-order valence-electron chi connectivity index (χ2n) is 8.50. The predicted octanol–water partition coefficient (Wildman–Crippen LogP) is 3.19. The molecule has 0 unspecified atom stereocenters. The van der Waals surface area contributed by atoms with E-state index in [1.54, 1.807) is 16.6 Å². The van der Waals surface area contributed by atoms with Gasteiger partial charge in [0.15, 0.2) is 0 Å². The molecule has 1 aliphatic heterocycles. The molecule has 2 aliphatic rings. The molecule has 1 fully saturated rings. The molecular weight excluding hydrogens is 420 g/mol. The number of aromatic carboxylic acids is 1. The van der Waals surface area contributed by atoms with Crippen molar-refractivity contribution in [3.05, 3.63) is 77.1 Å². The Morgan fingerprint density at radius 2 is 1.61 bits per heavy atom. The number of carboxylic acids is 1. The molecule has 1 saturated heterocycles. The van der Waals surface area contributed by atoms with E-state index in [-0.39, 0.29) is 17.6 Å². The third-order valence-electron chi connectivity index (χ3n) is 6.63. The number of benzene rings is 2. The van der Waals surface area contributed by atoms with E-state index in [0.717, 1.165) is 0 Å². The average molecular weight is 447 g/mol. The lowest BCUT2D eigenvalue weighted by atomic mass is 9.98. The molecule has 0 saturated carbocycles. The van der Waals surface area contributed by atoms with Crippen molar-refractivity contribution in [2.75, 3.05) is 32.8 Å². The van der Waals surface area contributed by atoms with Gasteiger partial charge in [-0.25, -0.2) is 9.59 Å². The number of aryl methyl sites for hydroxylation is 1. The molecule has 170 valence electrons. The number of carbonyl (C=O) groups excluding carboxylic acids is 1. The summed E-state index contributed by atoms with van der Waals surface area (Å²) in [5, 5.41) is 13.4. The summed E-state index contributed by atoms with van der Waals surface area (Å²) in [6, 6.07) is 16.6. The van der Waals surface area contributed by atoms with E-state index in [2.05, 4.69) is 34.3 Å². The van der Waals surface area contributed by atoms with Crippen LogP contribution in [0.3, 0.4) is 0 Å². The molecule has 5 rings (SSSR count). The highest BCUT2D eigenvalue weighted by Crippen LogP contribution is 2.44. The second kappa shape index (κ2) is 8.71. The van der Waals surface area contributed by atoms with E-state index >= 15 is 0 Å². The zero-order chi connectivity index (χ0) is 22.9. The summed E-state index contributed by atoms with van der Waals surface area (Å²) in [5.74, 6) is -0.933. The minimum absolute atomic E-state index is 0.0434. The summed E-state index contributed by atoms with van der Waals surface area (Å²) < 4.78 is 7.37. The first-order chi connectivity index (χ1) is 16.0. The molecule has 0 atom stereocenters. The van der Waals surface area contributed by atoms with E-state index in [4.69, 9.17) is 4.74 Å². The lowest BCUT2D eigenvalue weighted by Gasteiger charge is -2.34. The molecule has 8 nitrogen and oxygen atoms in total. The van der Waals surface area contributed by atoms with Crippen LogP contribution in [0.5, 0.6) is 0 Å². The van der Waals surface area contributed by atoms with Crippen molar-refractivity contribution in [3.63, 3.8) is 0 Å². The van der Waals surface area contributed by atoms with E-state index in [0.29, 0.717) is 45.0 Å². The van der Waals surface area contributed by atoms with Crippen LogP contribution < -0.4 is 0 Å². The van der Waals surface area contributed by atoms with Crippen LogP contribution in [0.1, 0.15) is 33.1 Å². The number of carbonyl (C=O) groups is 2. The fraction of sp³-hybridized carbons (Fsp3) is 0.320. The van der Waals surface area contributed by atoms with Crippen LogP contribution in [0.4, 0.5) is 4.79 Å². The third-order valence-corrected chi connectivity index (χ3v) is 6.63. The van der Waals surface area contributed by atoms with E-state index < -0.39 is 5.97 Å². The van der Waals surface area contributed by atoms with Crippen LogP contribution >= 0.6 is 0 Å². The predicted molar refractivity (Wildman–Crippen MR) is 122 cm³/mol. The standard InChI is InChI=1S/C25H26N4O4/c1-27-23(21(14-26-27)24(30)31)15-28-10-12-29(13-11-28)25(32)33-16-22-19-8-4-2-6-17(19)18-7-3-5-9-20(18)22/h2-9,14,22H,10-13,15-16H2,1H3,(H,30,31). The number of fused-ring (bicyclic) bond motifs is 3. The van der Waals surface area contributed by atoms with Gasteiger partial charge in [0, 0.05) is 45.7 Å². The van der Waals surface area contributed by atoms with Crippen molar-refractivity contribution in [1.82, 2.24) is 19.6 Å².